The average molecular weight is 421 g/mol. The third kappa shape index (κ3) is 4.01. The van der Waals surface area contributed by atoms with Crippen molar-refractivity contribution in [3.05, 3.63) is 53.7 Å². The van der Waals surface area contributed by atoms with Crippen LogP contribution in [0.2, 0.25) is 0 Å². The molecule has 0 saturated heterocycles. The molecule has 2 aromatic carbocycles. The summed E-state index contributed by atoms with van der Waals surface area (Å²) in [6.07, 6.45) is 1.61. The first-order chi connectivity index (χ1) is 15.1. The molecule has 0 radical (unpaired) electrons. The van der Waals surface area contributed by atoms with Crippen LogP contribution in [0.4, 0.5) is 0 Å². The van der Waals surface area contributed by atoms with E-state index in [2.05, 4.69) is 11.2 Å². The summed E-state index contributed by atoms with van der Waals surface area (Å²) in [7, 11) is 2.77. The molecule has 0 amide bonds. The molecule has 1 aliphatic rings. The van der Waals surface area contributed by atoms with Crippen LogP contribution >= 0.6 is 0 Å². The molecule has 158 valence electrons. The normalized spacial score (nSPS) is 12.2. The summed E-state index contributed by atoms with van der Waals surface area (Å²) in [6, 6.07) is 12.5. The molecule has 1 aromatic heterocycles. The van der Waals surface area contributed by atoms with Gasteiger partial charge < -0.3 is 23.7 Å². The molecule has 2 heterocycles. The van der Waals surface area contributed by atoms with Gasteiger partial charge in [-0.2, -0.15) is 10.4 Å². The van der Waals surface area contributed by atoms with Gasteiger partial charge in [0.25, 0.3) is 0 Å². The fraction of sp³-hybridized carbons (Fsp3) is 0.227. The summed E-state index contributed by atoms with van der Waals surface area (Å²) < 4.78 is 28.0. The summed E-state index contributed by atoms with van der Waals surface area (Å²) in [5.41, 5.74) is 2.45. The van der Waals surface area contributed by atoms with Gasteiger partial charge in [0.05, 0.1) is 18.4 Å². The molecule has 1 aliphatic heterocycles. The highest BCUT2D eigenvalue weighted by atomic mass is 16.7. The minimum absolute atomic E-state index is 0.0432. The molecule has 9 nitrogen and oxygen atoms in total. The highest BCUT2D eigenvalue weighted by molar-refractivity contribution is 5.92. The van der Waals surface area contributed by atoms with Crippen LogP contribution in [0.15, 0.2) is 42.6 Å². The number of esters is 1. The van der Waals surface area contributed by atoms with Crippen LogP contribution in [0.5, 0.6) is 17.2 Å². The van der Waals surface area contributed by atoms with Gasteiger partial charge in [0, 0.05) is 24.9 Å². The van der Waals surface area contributed by atoms with Crippen molar-refractivity contribution in [1.29, 1.82) is 5.26 Å². The number of carbonyl (C=O) groups excluding carboxylic acids is 1. The van der Waals surface area contributed by atoms with Crippen LogP contribution in [0, 0.1) is 11.3 Å². The first kappa shape index (κ1) is 20.3. The van der Waals surface area contributed by atoms with E-state index in [0.717, 1.165) is 5.56 Å². The van der Waals surface area contributed by atoms with Crippen molar-refractivity contribution < 1.29 is 28.5 Å². The first-order valence-corrected chi connectivity index (χ1v) is 9.39. The third-order valence-electron chi connectivity index (χ3n) is 4.62. The van der Waals surface area contributed by atoms with E-state index in [1.165, 1.54) is 14.2 Å². The maximum absolute atomic E-state index is 12.0. The van der Waals surface area contributed by atoms with Gasteiger partial charge >= 0.3 is 5.97 Å². The Balaban J connectivity index is 1.74. The Morgan fingerprint density at radius 2 is 1.97 bits per heavy atom. The van der Waals surface area contributed by atoms with Gasteiger partial charge in [0.2, 0.25) is 0 Å². The predicted octanol–water partition coefficient (Wildman–Crippen LogP) is 2.95. The summed E-state index contributed by atoms with van der Waals surface area (Å²) >= 11 is 0. The Hall–Kier alpha value is -4.03. The van der Waals surface area contributed by atoms with Crippen molar-refractivity contribution in [1.82, 2.24) is 9.78 Å². The number of nitriles is 1. The fourth-order valence-corrected chi connectivity index (χ4v) is 3.17. The molecular formula is C22H19N3O6. The number of rotatable bonds is 6. The smallest absolute Gasteiger partial charge is 0.341 e. The van der Waals surface area contributed by atoms with Crippen molar-refractivity contribution >= 4 is 5.97 Å². The van der Waals surface area contributed by atoms with Gasteiger partial charge in [-0.3, -0.25) is 0 Å². The van der Waals surface area contributed by atoms with Crippen LogP contribution in [-0.4, -0.2) is 50.0 Å². The van der Waals surface area contributed by atoms with Crippen molar-refractivity contribution in [3.8, 4) is 40.3 Å². The molecule has 31 heavy (non-hydrogen) atoms. The second-order valence-electron chi connectivity index (χ2n) is 6.53. The van der Waals surface area contributed by atoms with Crippen LogP contribution in [-0.2, 0) is 9.47 Å². The number of methoxy groups -OCH3 is 2. The Kier molecular flexibility index (Phi) is 5.73. The molecule has 9 heteroatoms. The lowest BCUT2D eigenvalue weighted by atomic mass is 10.1. The number of ether oxygens (including phenoxy) is 5. The van der Waals surface area contributed by atoms with Gasteiger partial charge in [0.15, 0.2) is 18.3 Å². The maximum Gasteiger partial charge on any atom is 0.341 e. The van der Waals surface area contributed by atoms with Gasteiger partial charge in [-0.25, -0.2) is 9.48 Å². The third-order valence-corrected chi connectivity index (χ3v) is 4.62. The lowest BCUT2D eigenvalue weighted by Crippen LogP contribution is -2.15. The van der Waals surface area contributed by atoms with Crippen molar-refractivity contribution in [3.63, 3.8) is 0 Å². The Morgan fingerprint density at radius 1 is 1.16 bits per heavy atom. The van der Waals surface area contributed by atoms with E-state index in [1.807, 2.05) is 6.07 Å². The molecule has 0 bridgehead atoms. The Bertz CT molecular complexity index is 1160. The van der Waals surface area contributed by atoms with E-state index in [4.69, 9.17) is 23.7 Å². The number of nitrogens with zero attached hydrogens (tertiary/aromatic N) is 3. The van der Waals surface area contributed by atoms with Crippen molar-refractivity contribution in [2.45, 2.75) is 0 Å². The van der Waals surface area contributed by atoms with Gasteiger partial charge in [-0.1, -0.05) is 0 Å². The SMILES string of the molecule is COCOc1cc(-n2cc(C#N)c(-c3ccc4c(c3)OCCO4)n2)ccc1C(=O)OC. The lowest BCUT2D eigenvalue weighted by molar-refractivity contribution is 0.0465. The van der Waals surface area contributed by atoms with Gasteiger partial charge in [0.1, 0.15) is 36.3 Å². The second kappa shape index (κ2) is 8.77. The second-order valence-corrected chi connectivity index (χ2v) is 6.53. The van der Waals surface area contributed by atoms with E-state index in [1.54, 1.807) is 41.2 Å². The summed E-state index contributed by atoms with van der Waals surface area (Å²) in [6.45, 7) is 0.921. The van der Waals surface area contributed by atoms with E-state index < -0.39 is 5.97 Å². The van der Waals surface area contributed by atoms with E-state index in [-0.39, 0.29) is 18.1 Å². The van der Waals surface area contributed by atoms with Crippen molar-refractivity contribution in [2.24, 2.45) is 0 Å². The zero-order valence-electron chi connectivity index (χ0n) is 17.0. The largest absolute Gasteiger partial charge is 0.486 e. The lowest BCUT2D eigenvalue weighted by Gasteiger charge is -2.18. The molecule has 0 atom stereocenters. The monoisotopic (exact) mass is 421 g/mol. The quantitative estimate of drug-likeness (QED) is 0.442. The summed E-state index contributed by atoms with van der Waals surface area (Å²) in [5.74, 6) is 1.01. The van der Waals surface area contributed by atoms with E-state index >= 15 is 0 Å². The summed E-state index contributed by atoms with van der Waals surface area (Å²) in [5, 5.41) is 14.2. The first-order valence-electron chi connectivity index (χ1n) is 9.39. The van der Waals surface area contributed by atoms with Gasteiger partial charge in [-0.05, 0) is 30.3 Å². The minimum atomic E-state index is -0.534. The molecule has 0 unspecified atom stereocenters. The Labute approximate surface area is 178 Å². The molecule has 0 aliphatic carbocycles. The van der Waals surface area contributed by atoms with Crippen LogP contribution in [0.25, 0.3) is 16.9 Å². The van der Waals surface area contributed by atoms with Crippen LogP contribution < -0.4 is 14.2 Å². The number of benzene rings is 2. The molecule has 3 aromatic rings. The van der Waals surface area contributed by atoms with E-state index in [0.29, 0.717) is 41.7 Å². The highest BCUT2D eigenvalue weighted by Crippen LogP contribution is 2.35. The van der Waals surface area contributed by atoms with Crippen LogP contribution in [0.1, 0.15) is 15.9 Å². The number of hydrogen-bond acceptors (Lipinski definition) is 8. The standard InChI is InChI=1S/C22H19N3O6/c1-27-13-31-19-10-16(4-5-17(19)22(26)28-2)25-12-15(11-23)21(24-25)14-3-6-18-20(9-14)30-8-7-29-18/h3-6,9-10,12H,7-8,13H2,1-2H3. The summed E-state index contributed by atoms with van der Waals surface area (Å²) in [4.78, 5) is 12.0. The topological polar surface area (TPSA) is 105 Å². The molecule has 0 spiro atoms. The zero-order chi connectivity index (χ0) is 21.8. The molecular weight excluding hydrogens is 402 g/mol. The zero-order valence-corrected chi connectivity index (χ0v) is 17.0. The molecule has 0 saturated carbocycles. The fourth-order valence-electron chi connectivity index (χ4n) is 3.17. The van der Waals surface area contributed by atoms with Crippen molar-refractivity contribution in [2.75, 3.05) is 34.2 Å². The predicted molar refractivity (Wildman–Crippen MR) is 109 cm³/mol. The van der Waals surface area contributed by atoms with Crippen LogP contribution in [0.3, 0.4) is 0 Å². The van der Waals surface area contributed by atoms with E-state index in [9.17, 15) is 10.1 Å². The van der Waals surface area contributed by atoms with Gasteiger partial charge in [-0.15, -0.1) is 0 Å². The number of aromatic nitrogens is 2. The number of hydrogen-bond donors (Lipinski definition) is 0. The Morgan fingerprint density at radius 3 is 2.71 bits per heavy atom. The average Bonchev–Trinajstić information content (AvgIpc) is 3.26. The maximum atomic E-state index is 12.0. The highest BCUT2D eigenvalue weighted by Gasteiger charge is 2.19. The number of fused-ring (bicyclic) bond motifs is 1. The molecule has 0 N–H and O–H groups in total. The molecule has 0 fully saturated rings. The number of carbonyl (C=O) groups is 1. The molecule has 4 rings (SSSR count). The minimum Gasteiger partial charge on any atom is -0.486 e.